The summed E-state index contributed by atoms with van der Waals surface area (Å²) < 4.78 is 7.22. The number of piperidine rings is 1. The molecule has 0 saturated carbocycles. The van der Waals surface area contributed by atoms with E-state index in [1.54, 1.807) is 7.11 Å². The second-order valence-corrected chi connectivity index (χ2v) is 10.0. The Hall–Kier alpha value is -2.87. The van der Waals surface area contributed by atoms with Crippen molar-refractivity contribution in [2.45, 2.75) is 58.7 Å². The number of carbonyl (C=O) groups is 2. The Kier molecular flexibility index (Phi) is 6.98. The van der Waals surface area contributed by atoms with E-state index in [9.17, 15) is 9.59 Å². The minimum atomic E-state index is -0.745. The quantitative estimate of drug-likeness (QED) is 0.555. The highest BCUT2D eigenvalue weighted by Gasteiger charge is 2.57. The molecule has 3 amide bonds. The molecule has 1 aromatic carbocycles. The molecule has 1 spiro atoms. The number of ether oxygens (including phenoxy) is 1. The first-order valence-corrected chi connectivity index (χ1v) is 12.2. The van der Waals surface area contributed by atoms with Crippen molar-refractivity contribution < 1.29 is 14.3 Å². The number of carbonyl (C=O) groups excluding carboxylic acids is 2. The molecule has 2 saturated heterocycles. The fraction of sp³-hybridized carbons (Fsp3) is 0.577. The maximum absolute atomic E-state index is 13.8. The number of likely N-dealkylation sites (tertiary alicyclic amines) is 1. The molecule has 0 bridgehead atoms. The SMILES string of the molecule is COc1cccc(CN2C(=O)N(CCC(C)C)C3(CCN(Cc4cnn(C)c4C)CC3)C2=O)c1. The van der Waals surface area contributed by atoms with E-state index in [0.717, 1.165) is 43.1 Å². The van der Waals surface area contributed by atoms with Gasteiger partial charge in [-0.1, -0.05) is 26.0 Å². The molecule has 184 valence electrons. The lowest BCUT2D eigenvalue weighted by atomic mass is 9.85. The minimum Gasteiger partial charge on any atom is -0.497 e. The summed E-state index contributed by atoms with van der Waals surface area (Å²) in [5.74, 6) is 1.13. The van der Waals surface area contributed by atoms with Crippen molar-refractivity contribution in [2.24, 2.45) is 13.0 Å². The maximum atomic E-state index is 13.8. The van der Waals surface area contributed by atoms with Crippen molar-refractivity contribution in [3.63, 3.8) is 0 Å². The lowest BCUT2D eigenvalue weighted by Gasteiger charge is -2.42. The summed E-state index contributed by atoms with van der Waals surface area (Å²) in [6.07, 6.45) is 4.12. The van der Waals surface area contributed by atoms with Crippen molar-refractivity contribution in [2.75, 3.05) is 26.7 Å². The Balaban J connectivity index is 1.53. The van der Waals surface area contributed by atoms with Crippen molar-refractivity contribution in [1.29, 1.82) is 0 Å². The third-order valence-electron chi connectivity index (χ3n) is 7.44. The van der Waals surface area contributed by atoms with E-state index >= 15 is 0 Å². The van der Waals surface area contributed by atoms with E-state index in [-0.39, 0.29) is 18.5 Å². The second kappa shape index (κ2) is 9.78. The van der Waals surface area contributed by atoms with Crippen LogP contribution in [0.15, 0.2) is 30.5 Å². The third-order valence-corrected chi connectivity index (χ3v) is 7.44. The average molecular weight is 468 g/mol. The first-order chi connectivity index (χ1) is 16.2. The molecule has 34 heavy (non-hydrogen) atoms. The highest BCUT2D eigenvalue weighted by atomic mass is 16.5. The molecule has 8 nitrogen and oxygen atoms in total. The summed E-state index contributed by atoms with van der Waals surface area (Å²) in [6.45, 7) is 9.64. The molecule has 8 heteroatoms. The number of aromatic nitrogens is 2. The van der Waals surface area contributed by atoms with Crippen molar-refractivity contribution in [3.05, 3.63) is 47.3 Å². The largest absolute Gasteiger partial charge is 0.497 e. The number of imide groups is 1. The minimum absolute atomic E-state index is 0.0544. The van der Waals surface area contributed by atoms with Gasteiger partial charge in [0.05, 0.1) is 19.9 Å². The van der Waals surface area contributed by atoms with Crippen LogP contribution in [0.3, 0.4) is 0 Å². The normalized spacial score (nSPS) is 18.5. The van der Waals surface area contributed by atoms with Crippen LogP contribution in [-0.4, -0.2) is 68.7 Å². The van der Waals surface area contributed by atoms with Crippen LogP contribution < -0.4 is 4.74 Å². The van der Waals surface area contributed by atoms with Crippen LogP contribution in [0.1, 0.15) is 49.9 Å². The van der Waals surface area contributed by atoms with Gasteiger partial charge in [-0.2, -0.15) is 5.10 Å². The van der Waals surface area contributed by atoms with Gasteiger partial charge in [0, 0.05) is 44.5 Å². The molecular formula is C26H37N5O3. The molecule has 3 heterocycles. The van der Waals surface area contributed by atoms with E-state index in [4.69, 9.17) is 4.74 Å². The second-order valence-electron chi connectivity index (χ2n) is 10.0. The van der Waals surface area contributed by atoms with Gasteiger partial charge in [-0.3, -0.25) is 19.3 Å². The Morgan fingerprint density at radius 2 is 1.88 bits per heavy atom. The third kappa shape index (κ3) is 4.56. The number of methoxy groups -OCH3 is 1. The molecule has 0 radical (unpaired) electrons. The topological polar surface area (TPSA) is 70.9 Å². The van der Waals surface area contributed by atoms with Gasteiger partial charge < -0.3 is 9.64 Å². The van der Waals surface area contributed by atoms with Gasteiger partial charge in [0.1, 0.15) is 11.3 Å². The van der Waals surface area contributed by atoms with E-state index in [2.05, 4.69) is 30.8 Å². The molecule has 1 aromatic heterocycles. The molecule has 0 aliphatic carbocycles. The summed E-state index contributed by atoms with van der Waals surface area (Å²) >= 11 is 0. The fourth-order valence-corrected chi connectivity index (χ4v) is 5.08. The molecule has 0 unspecified atom stereocenters. The zero-order valence-electron chi connectivity index (χ0n) is 21.1. The first kappa shape index (κ1) is 24.3. The number of aryl methyl sites for hydroxylation is 1. The number of rotatable bonds is 8. The van der Waals surface area contributed by atoms with Gasteiger partial charge in [0.25, 0.3) is 5.91 Å². The first-order valence-electron chi connectivity index (χ1n) is 12.2. The van der Waals surface area contributed by atoms with Crippen LogP contribution in [0.25, 0.3) is 0 Å². The van der Waals surface area contributed by atoms with Gasteiger partial charge in [0.15, 0.2) is 0 Å². The lowest BCUT2D eigenvalue weighted by molar-refractivity contribution is -0.136. The number of nitrogens with zero attached hydrogens (tertiary/aromatic N) is 5. The predicted octanol–water partition coefficient (Wildman–Crippen LogP) is 3.58. The number of urea groups is 1. The van der Waals surface area contributed by atoms with Crippen molar-refractivity contribution in [3.8, 4) is 5.75 Å². The molecular weight excluding hydrogens is 430 g/mol. The molecule has 2 aromatic rings. The molecule has 2 aliphatic rings. The monoisotopic (exact) mass is 467 g/mol. The van der Waals surface area contributed by atoms with E-state index in [0.29, 0.717) is 25.3 Å². The van der Waals surface area contributed by atoms with Crippen LogP contribution in [0.4, 0.5) is 4.79 Å². The van der Waals surface area contributed by atoms with E-state index < -0.39 is 5.54 Å². The van der Waals surface area contributed by atoms with E-state index in [1.165, 1.54) is 10.5 Å². The number of hydrogen-bond donors (Lipinski definition) is 0. The zero-order chi connectivity index (χ0) is 24.5. The average Bonchev–Trinajstić information content (AvgIpc) is 3.23. The molecule has 2 aliphatic heterocycles. The molecule has 0 N–H and O–H groups in total. The Morgan fingerprint density at radius 3 is 2.50 bits per heavy atom. The molecule has 2 fully saturated rings. The van der Waals surface area contributed by atoms with Crippen molar-refractivity contribution in [1.82, 2.24) is 24.5 Å². The van der Waals surface area contributed by atoms with Gasteiger partial charge in [-0.05, 0) is 49.8 Å². The highest BCUT2D eigenvalue weighted by Crippen LogP contribution is 2.39. The van der Waals surface area contributed by atoms with Gasteiger partial charge in [0.2, 0.25) is 0 Å². The maximum Gasteiger partial charge on any atom is 0.327 e. The van der Waals surface area contributed by atoms with Crippen LogP contribution >= 0.6 is 0 Å². The van der Waals surface area contributed by atoms with Crippen LogP contribution in [-0.2, 0) is 24.9 Å². The van der Waals surface area contributed by atoms with Crippen molar-refractivity contribution >= 4 is 11.9 Å². The van der Waals surface area contributed by atoms with Crippen LogP contribution in [0.5, 0.6) is 5.75 Å². The standard InChI is InChI=1S/C26H37N5O3/c1-19(2)9-12-31-25(33)30(17-21-7-6-8-23(15-21)34-5)24(32)26(31)10-13-29(14-11-26)18-22-16-27-28(4)20(22)3/h6-8,15-16,19H,9-14,17-18H2,1-5H3. The number of benzene rings is 1. The van der Waals surface area contributed by atoms with E-state index in [1.807, 2.05) is 47.1 Å². The summed E-state index contributed by atoms with van der Waals surface area (Å²) in [4.78, 5) is 33.1. The summed E-state index contributed by atoms with van der Waals surface area (Å²) in [5, 5.41) is 4.36. The number of amides is 3. The van der Waals surface area contributed by atoms with Crippen LogP contribution in [0.2, 0.25) is 0 Å². The van der Waals surface area contributed by atoms with Gasteiger partial charge >= 0.3 is 6.03 Å². The molecule has 0 atom stereocenters. The highest BCUT2D eigenvalue weighted by molar-refractivity contribution is 6.07. The summed E-state index contributed by atoms with van der Waals surface area (Å²) in [7, 11) is 3.57. The Bertz CT molecular complexity index is 1040. The fourth-order valence-electron chi connectivity index (χ4n) is 5.08. The van der Waals surface area contributed by atoms with Gasteiger partial charge in [-0.25, -0.2) is 4.79 Å². The summed E-state index contributed by atoms with van der Waals surface area (Å²) in [5.41, 5.74) is 2.52. The number of hydrogen-bond acceptors (Lipinski definition) is 5. The Labute approximate surface area is 202 Å². The van der Waals surface area contributed by atoms with Gasteiger partial charge in [-0.15, -0.1) is 0 Å². The predicted molar refractivity (Wildman–Crippen MR) is 130 cm³/mol. The lowest BCUT2D eigenvalue weighted by Crippen LogP contribution is -2.56. The zero-order valence-corrected chi connectivity index (χ0v) is 21.1. The smallest absolute Gasteiger partial charge is 0.327 e. The van der Waals surface area contributed by atoms with Crippen LogP contribution in [0, 0.1) is 12.8 Å². The summed E-state index contributed by atoms with van der Waals surface area (Å²) in [6, 6.07) is 7.43. The Morgan fingerprint density at radius 1 is 1.15 bits per heavy atom. The molecule has 4 rings (SSSR count).